The highest BCUT2D eigenvalue weighted by Gasteiger charge is 2.25. The van der Waals surface area contributed by atoms with E-state index in [-0.39, 0.29) is 29.7 Å². The number of ether oxygens (including phenoxy) is 1. The van der Waals surface area contributed by atoms with Gasteiger partial charge in [-0.15, -0.1) is 0 Å². The average Bonchev–Trinajstić information content (AvgIpc) is 2.94. The van der Waals surface area contributed by atoms with Crippen LogP contribution in [-0.4, -0.2) is 54.6 Å². The van der Waals surface area contributed by atoms with Crippen molar-refractivity contribution < 1.29 is 23.7 Å². The van der Waals surface area contributed by atoms with E-state index >= 15 is 0 Å². The van der Waals surface area contributed by atoms with Gasteiger partial charge in [0, 0.05) is 31.4 Å². The molecule has 5 nitrogen and oxygen atoms in total. The molecule has 0 aromatic heterocycles. The van der Waals surface area contributed by atoms with Gasteiger partial charge in [0.25, 0.3) is 0 Å². The second-order valence-electron chi connectivity index (χ2n) is 10.8. The summed E-state index contributed by atoms with van der Waals surface area (Å²) in [4.78, 5) is 4.24. The normalized spacial score (nSPS) is 17.5. The number of rotatable bonds is 10. The van der Waals surface area contributed by atoms with Crippen molar-refractivity contribution in [2.24, 2.45) is 0 Å². The Morgan fingerprint density at radius 3 is 2.51 bits per heavy atom. The van der Waals surface area contributed by atoms with Crippen molar-refractivity contribution in [3.05, 3.63) is 82.7 Å². The van der Waals surface area contributed by atoms with Crippen molar-refractivity contribution >= 4 is 5.69 Å². The molecule has 1 fully saturated rings. The van der Waals surface area contributed by atoms with Crippen LogP contribution in [-0.2, 0) is 19.4 Å². The summed E-state index contributed by atoms with van der Waals surface area (Å²) in [7, 11) is 0. The molecular formula is C32H38F2N2O3. The van der Waals surface area contributed by atoms with Crippen LogP contribution in [0, 0.1) is 5.82 Å². The van der Waals surface area contributed by atoms with Crippen LogP contribution >= 0.6 is 0 Å². The molecule has 1 atom stereocenters. The maximum Gasteiger partial charge on any atom is 0.165 e. The number of hydrogen-bond donors (Lipinski definition) is 2. The Balaban J connectivity index is 1.30. The molecule has 0 saturated carbocycles. The first-order valence-corrected chi connectivity index (χ1v) is 14.1. The highest BCUT2D eigenvalue weighted by molar-refractivity contribution is 5.59. The van der Waals surface area contributed by atoms with Crippen LogP contribution in [0.3, 0.4) is 0 Å². The van der Waals surface area contributed by atoms with Gasteiger partial charge in [-0.05, 0) is 104 Å². The summed E-state index contributed by atoms with van der Waals surface area (Å²) >= 11 is 0. The third-order valence-corrected chi connectivity index (χ3v) is 8.05. The minimum Gasteiger partial charge on any atom is -0.508 e. The predicted molar refractivity (Wildman–Crippen MR) is 150 cm³/mol. The lowest BCUT2D eigenvalue weighted by Gasteiger charge is -2.32. The maximum absolute atomic E-state index is 15.0. The summed E-state index contributed by atoms with van der Waals surface area (Å²) in [5.74, 6) is 0.388. The number of piperidine rings is 1. The quantitative estimate of drug-likeness (QED) is 0.316. The standard InChI is InChI=1S/C32H38F2N2O3/c33-12-15-36(22-23-4-11-32(30(34)18-23)39-17-16-35-13-2-1-3-14-35)31-21-28(38)9-10-29(31)26-6-5-25-20-27(37)8-7-24(25)19-26/h4,7-11,18,20-21,26,37-38H,1-3,5-6,12-17,19,22H2. The Bertz CT molecular complexity index is 1260. The molecule has 7 heteroatoms. The molecule has 2 N–H and O–H groups in total. The van der Waals surface area contributed by atoms with Gasteiger partial charge >= 0.3 is 0 Å². The molecule has 1 heterocycles. The van der Waals surface area contributed by atoms with Gasteiger partial charge in [0.1, 0.15) is 24.8 Å². The van der Waals surface area contributed by atoms with Crippen LogP contribution in [0.1, 0.15) is 53.9 Å². The molecule has 0 radical (unpaired) electrons. The van der Waals surface area contributed by atoms with Crippen LogP contribution in [0.2, 0.25) is 0 Å². The molecule has 3 aromatic rings. The molecule has 2 aliphatic rings. The van der Waals surface area contributed by atoms with Gasteiger partial charge < -0.3 is 19.8 Å². The Morgan fingerprint density at radius 1 is 0.923 bits per heavy atom. The predicted octanol–water partition coefficient (Wildman–Crippen LogP) is 6.35. The summed E-state index contributed by atoms with van der Waals surface area (Å²) in [6.07, 6.45) is 6.21. The molecule has 0 spiro atoms. The van der Waals surface area contributed by atoms with E-state index in [1.807, 2.05) is 29.2 Å². The fourth-order valence-corrected chi connectivity index (χ4v) is 5.99. The van der Waals surface area contributed by atoms with E-state index < -0.39 is 12.5 Å². The summed E-state index contributed by atoms with van der Waals surface area (Å²) < 4.78 is 34.5. The number of aromatic hydroxyl groups is 2. The number of hydrogen-bond acceptors (Lipinski definition) is 5. The van der Waals surface area contributed by atoms with E-state index in [9.17, 15) is 19.0 Å². The molecule has 0 bridgehead atoms. The lowest BCUT2D eigenvalue weighted by atomic mass is 9.79. The van der Waals surface area contributed by atoms with Crippen LogP contribution in [0.5, 0.6) is 17.2 Å². The molecule has 1 aliphatic heterocycles. The molecule has 3 aromatic carbocycles. The number of aryl methyl sites for hydroxylation is 1. The molecule has 208 valence electrons. The van der Waals surface area contributed by atoms with Crippen molar-refractivity contribution in [1.82, 2.24) is 4.90 Å². The third kappa shape index (κ3) is 6.82. The second-order valence-corrected chi connectivity index (χ2v) is 10.8. The topological polar surface area (TPSA) is 56.2 Å². The van der Waals surface area contributed by atoms with E-state index in [0.717, 1.165) is 55.7 Å². The number of phenolic OH excluding ortho intramolecular Hbond substituents is 2. The Morgan fingerprint density at radius 2 is 1.72 bits per heavy atom. The number of nitrogens with zero attached hydrogens (tertiary/aromatic N) is 2. The molecule has 1 aliphatic carbocycles. The first kappa shape index (κ1) is 27.3. The van der Waals surface area contributed by atoms with Crippen molar-refractivity contribution in [3.8, 4) is 17.2 Å². The van der Waals surface area contributed by atoms with Crippen molar-refractivity contribution in [3.63, 3.8) is 0 Å². The highest BCUT2D eigenvalue weighted by Crippen LogP contribution is 2.40. The number of halogens is 2. The van der Waals surface area contributed by atoms with E-state index in [0.29, 0.717) is 18.7 Å². The zero-order valence-electron chi connectivity index (χ0n) is 22.4. The molecular weight excluding hydrogens is 498 g/mol. The summed E-state index contributed by atoms with van der Waals surface area (Å²) in [6.45, 7) is 3.25. The van der Waals surface area contributed by atoms with E-state index in [4.69, 9.17) is 4.74 Å². The lowest BCUT2D eigenvalue weighted by Crippen LogP contribution is -2.33. The largest absolute Gasteiger partial charge is 0.508 e. The van der Waals surface area contributed by atoms with Crippen molar-refractivity contribution in [1.29, 1.82) is 0 Å². The fraction of sp³-hybridized carbons (Fsp3) is 0.438. The Kier molecular flexibility index (Phi) is 8.87. The number of benzene rings is 3. The number of anilines is 1. The SMILES string of the molecule is Oc1ccc2c(c1)CCC(c1ccc(O)cc1N(CCF)Cc1ccc(OCCN3CCCCC3)c(F)c1)C2. The number of alkyl halides is 1. The van der Waals surface area contributed by atoms with Crippen molar-refractivity contribution in [2.75, 3.05) is 44.4 Å². The Hall–Kier alpha value is -3.32. The summed E-state index contributed by atoms with van der Waals surface area (Å²) in [6, 6.07) is 15.7. The average molecular weight is 537 g/mol. The number of phenols is 2. The highest BCUT2D eigenvalue weighted by atomic mass is 19.1. The molecule has 1 unspecified atom stereocenters. The van der Waals surface area contributed by atoms with Gasteiger partial charge in [0.05, 0.1) is 0 Å². The van der Waals surface area contributed by atoms with Gasteiger partial charge in [0.2, 0.25) is 0 Å². The van der Waals surface area contributed by atoms with E-state index in [1.54, 1.807) is 24.3 Å². The number of fused-ring (bicyclic) bond motifs is 1. The van der Waals surface area contributed by atoms with Crippen LogP contribution in [0.25, 0.3) is 0 Å². The molecule has 39 heavy (non-hydrogen) atoms. The summed E-state index contributed by atoms with van der Waals surface area (Å²) in [5, 5.41) is 20.2. The van der Waals surface area contributed by atoms with Gasteiger partial charge in [0.15, 0.2) is 11.6 Å². The second kappa shape index (κ2) is 12.7. The minimum atomic E-state index is -0.567. The van der Waals surface area contributed by atoms with E-state index in [1.165, 1.54) is 30.9 Å². The van der Waals surface area contributed by atoms with Gasteiger partial charge in [-0.25, -0.2) is 8.78 Å². The molecule has 1 saturated heterocycles. The zero-order chi connectivity index (χ0) is 27.2. The van der Waals surface area contributed by atoms with Crippen LogP contribution < -0.4 is 9.64 Å². The summed E-state index contributed by atoms with van der Waals surface area (Å²) in [5.41, 5.74) is 4.86. The fourth-order valence-electron chi connectivity index (χ4n) is 5.99. The smallest absolute Gasteiger partial charge is 0.165 e. The molecule has 5 rings (SSSR count). The Labute approximate surface area is 229 Å². The lowest BCUT2D eigenvalue weighted by molar-refractivity contribution is 0.180. The number of likely N-dealkylation sites (tertiary alicyclic amines) is 1. The van der Waals surface area contributed by atoms with Gasteiger partial charge in [-0.1, -0.05) is 24.6 Å². The first-order chi connectivity index (χ1) is 19.0. The van der Waals surface area contributed by atoms with Crippen LogP contribution in [0.4, 0.5) is 14.5 Å². The van der Waals surface area contributed by atoms with Gasteiger partial charge in [-0.3, -0.25) is 4.90 Å². The monoisotopic (exact) mass is 536 g/mol. The van der Waals surface area contributed by atoms with Gasteiger partial charge in [-0.2, -0.15) is 0 Å². The maximum atomic E-state index is 15.0. The van der Waals surface area contributed by atoms with E-state index in [2.05, 4.69) is 4.90 Å². The first-order valence-electron chi connectivity index (χ1n) is 14.1. The van der Waals surface area contributed by atoms with Crippen LogP contribution in [0.15, 0.2) is 54.6 Å². The minimum absolute atomic E-state index is 0.113. The van der Waals surface area contributed by atoms with Crippen molar-refractivity contribution in [2.45, 2.75) is 51.0 Å². The third-order valence-electron chi connectivity index (χ3n) is 8.05. The zero-order valence-corrected chi connectivity index (χ0v) is 22.4. The molecule has 0 amide bonds.